The van der Waals surface area contributed by atoms with Crippen LogP contribution in [0, 0.1) is 22.5 Å². The predicted molar refractivity (Wildman–Crippen MR) is 77.0 cm³/mol. The second-order valence-electron chi connectivity index (χ2n) is 4.20. The monoisotopic (exact) mass is 305 g/mol. The number of rotatable bonds is 4. The molecule has 0 amide bonds. The topological polar surface area (TPSA) is 93.4 Å². The van der Waals surface area contributed by atoms with Gasteiger partial charge in [0, 0.05) is 19.3 Å². The molecule has 0 N–H and O–H groups in total. The maximum absolute atomic E-state index is 12.4. The van der Waals surface area contributed by atoms with Gasteiger partial charge in [-0.15, -0.1) is 6.42 Å². The van der Waals surface area contributed by atoms with Crippen molar-refractivity contribution in [1.82, 2.24) is 9.29 Å². The molecule has 0 spiro atoms. The van der Waals surface area contributed by atoms with E-state index in [1.165, 1.54) is 31.4 Å². The molecule has 1 aromatic carbocycles. The SMILES string of the molecule is C#CCN(C)S(=O)(=O)c1ccc([N+](=O)[O-])c2cccnc12. The Morgan fingerprint density at radius 3 is 2.76 bits per heavy atom. The van der Waals surface area contributed by atoms with Gasteiger partial charge in [0.1, 0.15) is 4.90 Å². The molecule has 0 unspecified atom stereocenters. The van der Waals surface area contributed by atoms with Crippen molar-refractivity contribution in [2.24, 2.45) is 0 Å². The van der Waals surface area contributed by atoms with E-state index in [1.807, 2.05) is 0 Å². The van der Waals surface area contributed by atoms with Crippen molar-refractivity contribution < 1.29 is 13.3 Å². The first kappa shape index (κ1) is 14.9. The highest BCUT2D eigenvalue weighted by atomic mass is 32.2. The standard InChI is InChI=1S/C13H11N3O4S/c1-3-9-15(2)21(19,20)12-7-6-11(16(17)18)10-5-4-8-14-13(10)12/h1,4-8H,9H2,2H3. The number of nitrogens with zero attached hydrogens (tertiary/aromatic N) is 3. The Hall–Kier alpha value is -2.50. The molecule has 2 rings (SSSR count). The molecule has 7 nitrogen and oxygen atoms in total. The van der Waals surface area contributed by atoms with Crippen LogP contribution in [0.5, 0.6) is 0 Å². The van der Waals surface area contributed by atoms with Gasteiger partial charge in [-0.2, -0.15) is 4.31 Å². The second kappa shape index (κ2) is 5.47. The van der Waals surface area contributed by atoms with Gasteiger partial charge < -0.3 is 0 Å². The molecular weight excluding hydrogens is 294 g/mol. The summed E-state index contributed by atoms with van der Waals surface area (Å²) < 4.78 is 25.9. The van der Waals surface area contributed by atoms with Gasteiger partial charge in [-0.1, -0.05) is 5.92 Å². The van der Waals surface area contributed by atoms with Gasteiger partial charge >= 0.3 is 0 Å². The molecule has 2 aromatic rings. The quantitative estimate of drug-likeness (QED) is 0.483. The number of nitro benzene ring substituents is 1. The Bertz CT molecular complexity index is 855. The first-order chi connectivity index (χ1) is 9.89. The van der Waals surface area contributed by atoms with E-state index in [9.17, 15) is 18.5 Å². The summed E-state index contributed by atoms with van der Waals surface area (Å²) in [6.45, 7) is -0.104. The number of nitro groups is 1. The summed E-state index contributed by atoms with van der Waals surface area (Å²) in [7, 11) is -2.53. The van der Waals surface area contributed by atoms with E-state index in [-0.39, 0.29) is 28.0 Å². The number of hydrogen-bond donors (Lipinski definition) is 0. The van der Waals surface area contributed by atoms with Crippen LogP contribution in [0.1, 0.15) is 0 Å². The van der Waals surface area contributed by atoms with Crippen LogP contribution in [-0.2, 0) is 10.0 Å². The highest BCUT2D eigenvalue weighted by Gasteiger charge is 2.26. The van der Waals surface area contributed by atoms with Crippen LogP contribution in [0.2, 0.25) is 0 Å². The van der Waals surface area contributed by atoms with E-state index in [2.05, 4.69) is 10.9 Å². The molecule has 1 heterocycles. The highest BCUT2D eigenvalue weighted by Crippen LogP contribution is 2.30. The number of terminal acetylenes is 1. The number of hydrogen-bond acceptors (Lipinski definition) is 5. The summed E-state index contributed by atoms with van der Waals surface area (Å²) in [5.74, 6) is 2.24. The van der Waals surface area contributed by atoms with Crippen molar-refractivity contribution in [1.29, 1.82) is 0 Å². The van der Waals surface area contributed by atoms with E-state index in [4.69, 9.17) is 6.42 Å². The van der Waals surface area contributed by atoms with Crippen LogP contribution in [0.15, 0.2) is 35.4 Å². The summed E-state index contributed by atoms with van der Waals surface area (Å²) in [4.78, 5) is 14.3. The average Bonchev–Trinajstić information content (AvgIpc) is 2.46. The summed E-state index contributed by atoms with van der Waals surface area (Å²) in [5.41, 5.74) is -0.146. The Morgan fingerprint density at radius 1 is 1.43 bits per heavy atom. The zero-order valence-corrected chi connectivity index (χ0v) is 11.9. The second-order valence-corrected chi connectivity index (χ2v) is 6.22. The molecule has 0 bridgehead atoms. The first-order valence-corrected chi connectivity index (χ1v) is 7.25. The van der Waals surface area contributed by atoms with E-state index in [0.717, 1.165) is 10.4 Å². The van der Waals surface area contributed by atoms with E-state index in [1.54, 1.807) is 0 Å². The van der Waals surface area contributed by atoms with Gasteiger partial charge in [0.05, 0.1) is 22.4 Å². The Morgan fingerprint density at radius 2 is 2.14 bits per heavy atom. The third-order valence-electron chi connectivity index (χ3n) is 2.91. The zero-order valence-electron chi connectivity index (χ0n) is 11.1. The lowest BCUT2D eigenvalue weighted by atomic mass is 10.2. The van der Waals surface area contributed by atoms with Gasteiger partial charge in [0.2, 0.25) is 10.0 Å². The van der Waals surface area contributed by atoms with Gasteiger partial charge in [0.15, 0.2) is 0 Å². The van der Waals surface area contributed by atoms with Crippen molar-refractivity contribution in [3.63, 3.8) is 0 Å². The molecule has 0 radical (unpaired) electrons. The minimum absolute atomic E-state index is 0.0515. The number of non-ortho nitro benzene ring substituents is 1. The van der Waals surface area contributed by atoms with Crippen molar-refractivity contribution >= 4 is 26.6 Å². The summed E-state index contributed by atoms with van der Waals surface area (Å²) in [5, 5.41) is 11.2. The number of fused-ring (bicyclic) bond motifs is 1. The van der Waals surface area contributed by atoms with Crippen LogP contribution in [0.25, 0.3) is 10.9 Å². The van der Waals surface area contributed by atoms with Crippen LogP contribution >= 0.6 is 0 Å². The maximum atomic E-state index is 12.4. The molecule has 0 aliphatic rings. The lowest BCUT2D eigenvalue weighted by molar-refractivity contribution is -0.383. The zero-order chi connectivity index (χ0) is 15.6. The van der Waals surface area contributed by atoms with Gasteiger partial charge in [-0.3, -0.25) is 15.1 Å². The summed E-state index contributed by atoms with van der Waals surface area (Å²) in [6, 6.07) is 5.30. The third-order valence-corrected chi connectivity index (χ3v) is 4.74. The molecule has 1 aromatic heterocycles. The fourth-order valence-electron chi connectivity index (χ4n) is 1.88. The van der Waals surface area contributed by atoms with Gasteiger partial charge in [-0.25, -0.2) is 8.42 Å². The molecule has 0 atom stereocenters. The lowest BCUT2D eigenvalue weighted by Gasteiger charge is -2.15. The van der Waals surface area contributed by atoms with E-state index in [0.29, 0.717) is 0 Å². The van der Waals surface area contributed by atoms with Gasteiger partial charge in [0.25, 0.3) is 5.69 Å². The number of pyridine rings is 1. The number of aromatic nitrogens is 1. The third kappa shape index (κ3) is 2.56. The molecule has 108 valence electrons. The van der Waals surface area contributed by atoms with Crippen molar-refractivity contribution in [2.75, 3.05) is 13.6 Å². The Kier molecular flexibility index (Phi) is 3.88. The van der Waals surface area contributed by atoms with Crippen molar-refractivity contribution in [3.8, 4) is 12.3 Å². The average molecular weight is 305 g/mol. The molecule has 0 aliphatic heterocycles. The molecule has 0 saturated carbocycles. The summed E-state index contributed by atoms with van der Waals surface area (Å²) in [6.07, 6.45) is 6.50. The van der Waals surface area contributed by atoms with Crippen LogP contribution in [0.4, 0.5) is 5.69 Å². The normalized spacial score (nSPS) is 11.5. The maximum Gasteiger partial charge on any atom is 0.278 e. The Balaban J connectivity index is 2.76. The van der Waals surface area contributed by atoms with Crippen molar-refractivity contribution in [3.05, 3.63) is 40.6 Å². The van der Waals surface area contributed by atoms with Crippen LogP contribution < -0.4 is 0 Å². The van der Waals surface area contributed by atoms with E-state index < -0.39 is 14.9 Å². The van der Waals surface area contributed by atoms with Crippen molar-refractivity contribution in [2.45, 2.75) is 4.90 Å². The van der Waals surface area contributed by atoms with E-state index >= 15 is 0 Å². The molecule has 0 aliphatic carbocycles. The smallest absolute Gasteiger partial charge is 0.258 e. The Labute approximate surface area is 121 Å². The summed E-state index contributed by atoms with van der Waals surface area (Å²) >= 11 is 0. The molecular formula is C13H11N3O4S. The first-order valence-electron chi connectivity index (χ1n) is 5.81. The minimum Gasteiger partial charge on any atom is -0.258 e. The molecule has 21 heavy (non-hydrogen) atoms. The van der Waals surface area contributed by atoms with Crippen LogP contribution in [-0.4, -0.2) is 36.2 Å². The van der Waals surface area contributed by atoms with Gasteiger partial charge in [-0.05, 0) is 18.2 Å². The fourth-order valence-corrected chi connectivity index (χ4v) is 3.11. The largest absolute Gasteiger partial charge is 0.278 e. The minimum atomic E-state index is -3.86. The van der Waals surface area contributed by atoms with Crippen LogP contribution in [0.3, 0.4) is 0 Å². The lowest BCUT2D eigenvalue weighted by Crippen LogP contribution is -2.27. The number of benzene rings is 1. The molecule has 0 fully saturated rings. The highest BCUT2D eigenvalue weighted by molar-refractivity contribution is 7.89. The fraction of sp³-hybridized carbons (Fsp3) is 0.154. The predicted octanol–water partition coefficient (Wildman–Crippen LogP) is 1.40. The molecule has 8 heteroatoms. The number of sulfonamides is 1. The molecule has 0 saturated heterocycles.